The fourth-order valence-electron chi connectivity index (χ4n) is 2.32. The van der Waals surface area contributed by atoms with E-state index in [0.717, 1.165) is 12.1 Å². The van der Waals surface area contributed by atoms with Crippen molar-refractivity contribution in [2.24, 2.45) is 0 Å². The molecule has 2 aromatic rings. The van der Waals surface area contributed by atoms with Crippen molar-refractivity contribution >= 4 is 29.1 Å². The molecule has 128 valence electrons. The first-order valence-corrected chi connectivity index (χ1v) is 8.42. The maximum atomic E-state index is 12.2. The van der Waals surface area contributed by atoms with Crippen molar-refractivity contribution in [3.8, 4) is 5.75 Å². The zero-order valence-corrected chi connectivity index (χ0v) is 15.2. The number of quaternary nitrogens is 1. The topological polar surface area (TPSA) is 42.8 Å². The Morgan fingerprint density at radius 1 is 1.17 bits per heavy atom. The van der Waals surface area contributed by atoms with Crippen LogP contribution in [0, 0.1) is 0 Å². The van der Waals surface area contributed by atoms with Crippen molar-refractivity contribution < 1.29 is 14.4 Å². The largest absolute Gasteiger partial charge is 0.482 e. The van der Waals surface area contributed by atoms with Crippen LogP contribution in [0.4, 0.5) is 0 Å². The minimum atomic E-state index is -0.198. The number of rotatable bonds is 7. The second kappa shape index (κ2) is 8.92. The molecule has 0 aliphatic rings. The average molecular weight is 368 g/mol. The van der Waals surface area contributed by atoms with Crippen molar-refractivity contribution in [3.05, 3.63) is 64.1 Å². The molecule has 0 heterocycles. The van der Waals surface area contributed by atoms with Crippen molar-refractivity contribution in [3.63, 3.8) is 0 Å². The molecule has 6 heteroatoms. The van der Waals surface area contributed by atoms with Gasteiger partial charge in [-0.3, -0.25) is 4.79 Å². The molecule has 24 heavy (non-hydrogen) atoms. The lowest BCUT2D eigenvalue weighted by Gasteiger charge is -2.21. The summed E-state index contributed by atoms with van der Waals surface area (Å²) in [5, 5.41) is 3.92. The summed E-state index contributed by atoms with van der Waals surface area (Å²) in [6.07, 6.45) is 0. The molecule has 0 spiro atoms. The Kier molecular flexibility index (Phi) is 6.91. The molecule has 0 bridgehead atoms. The van der Waals surface area contributed by atoms with Crippen LogP contribution in [0.3, 0.4) is 0 Å². The summed E-state index contributed by atoms with van der Waals surface area (Å²) in [4.78, 5) is 13.5. The van der Waals surface area contributed by atoms with Gasteiger partial charge in [0.05, 0.1) is 19.1 Å². The Morgan fingerprint density at radius 2 is 1.88 bits per heavy atom. The number of ether oxygens (including phenoxy) is 1. The fourth-order valence-corrected chi connectivity index (χ4v) is 2.78. The van der Waals surface area contributed by atoms with Gasteiger partial charge in [0, 0.05) is 5.02 Å². The van der Waals surface area contributed by atoms with Crippen LogP contribution in [0.2, 0.25) is 10.0 Å². The second-order valence-corrected chi connectivity index (χ2v) is 6.65. The molecule has 0 aromatic heterocycles. The Morgan fingerprint density at radius 3 is 2.50 bits per heavy atom. The smallest absolute Gasteiger partial charge is 0.258 e. The van der Waals surface area contributed by atoms with E-state index in [0.29, 0.717) is 15.8 Å². The van der Waals surface area contributed by atoms with E-state index >= 15 is 0 Å². The van der Waals surface area contributed by atoms with Gasteiger partial charge in [-0.1, -0.05) is 53.5 Å². The van der Waals surface area contributed by atoms with Crippen LogP contribution in [0.5, 0.6) is 5.75 Å². The summed E-state index contributed by atoms with van der Waals surface area (Å²) in [6, 6.07) is 14.7. The first kappa shape index (κ1) is 18.6. The second-order valence-electron chi connectivity index (χ2n) is 5.81. The lowest BCUT2D eigenvalue weighted by atomic mass is 10.1. The number of carbonyl (C=O) groups excluding carboxylic acids is 1. The van der Waals surface area contributed by atoms with Crippen LogP contribution in [-0.2, 0) is 4.79 Å². The minimum absolute atomic E-state index is 0.0759. The van der Waals surface area contributed by atoms with Gasteiger partial charge in [0.25, 0.3) is 5.91 Å². The summed E-state index contributed by atoms with van der Waals surface area (Å²) in [7, 11) is 4.10. The molecule has 0 fully saturated rings. The highest BCUT2D eigenvalue weighted by Gasteiger charge is 2.18. The molecular weight excluding hydrogens is 347 g/mol. The van der Waals surface area contributed by atoms with Crippen molar-refractivity contribution in [1.82, 2.24) is 5.32 Å². The molecule has 1 amide bonds. The fraction of sp³-hybridized carbons (Fsp3) is 0.278. The van der Waals surface area contributed by atoms with Gasteiger partial charge in [0.15, 0.2) is 6.61 Å². The van der Waals surface area contributed by atoms with E-state index in [1.807, 2.05) is 44.4 Å². The number of nitrogens with one attached hydrogen (secondary N) is 2. The highest BCUT2D eigenvalue weighted by molar-refractivity contribution is 6.35. The number of carbonyl (C=O) groups is 1. The number of benzene rings is 2. The number of hydrogen-bond acceptors (Lipinski definition) is 2. The Balaban J connectivity index is 1.97. The summed E-state index contributed by atoms with van der Waals surface area (Å²) in [6.45, 7) is 0.672. The van der Waals surface area contributed by atoms with Crippen LogP contribution in [0.1, 0.15) is 11.6 Å². The van der Waals surface area contributed by atoms with E-state index in [1.54, 1.807) is 18.2 Å². The molecule has 2 N–H and O–H groups in total. The summed E-state index contributed by atoms with van der Waals surface area (Å²) in [5.74, 6) is 0.238. The SMILES string of the molecule is C[NH+](C)C[C@H](NC(=O)COc1ccc(Cl)cc1Cl)c1ccccc1. The quantitative estimate of drug-likeness (QED) is 0.788. The number of likely N-dealkylation sites (N-methyl/N-ethyl adjacent to an activating group) is 1. The third-order valence-electron chi connectivity index (χ3n) is 3.40. The highest BCUT2D eigenvalue weighted by atomic mass is 35.5. The molecule has 0 saturated carbocycles. The predicted molar refractivity (Wildman–Crippen MR) is 97.0 cm³/mol. The van der Waals surface area contributed by atoms with Gasteiger partial charge < -0.3 is 15.0 Å². The summed E-state index contributed by atoms with van der Waals surface area (Å²) in [5.41, 5.74) is 1.07. The van der Waals surface area contributed by atoms with Crippen LogP contribution in [-0.4, -0.2) is 33.2 Å². The zero-order valence-electron chi connectivity index (χ0n) is 13.7. The number of hydrogen-bond donors (Lipinski definition) is 2. The molecular formula is C18H21Cl2N2O2+. The lowest BCUT2D eigenvalue weighted by molar-refractivity contribution is -0.860. The lowest BCUT2D eigenvalue weighted by Crippen LogP contribution is -3.06. The standard InChI is InChI=1S/C18H20Cl2N2O2/c1-22(2)11-16(13-6-4-3-5-7-13)21-18(23)12-24-17-9-8-14(19)10-15(17)20/h3-10,16H,11-12H2,1-2H3,(H,21,23)/p+1/t16-/m0/s1. The predicted octanol–water partition coefficient (Wildman–Crippen LogP) is 2.37. The molecule has 0 aliphatic heterocycles. The molecule has 0 radical (unpaired) electrons. The van der Waals surface area contributed by atoms with E-state index in [9.17, 15) is 4.79 Å². The molecule has 0 aliphatic carbocycles. The van der Waals surface area contributed by atoms with Gasteiger partial charge in [-0.05, 0) is 23.8 Å². The Bertz CT molecular complexity index is 678. The van der Waals surface area contributed by atoms with Gasteiger partial charge in [-0.25, -0.2) is 0 Å². The van der Waals surface area contributed by atoms with Gasteiger partial charge in [0.1, 0.15) is 18.3 Å². The minimum Gasteiger partial charge on any atom is -0.482 e. The average Bonchev–Trinajstić information content (AvgIpc) is 2.54. The van der Waals surface area contributed by atoms with Crippen LogP contribution >= 0.6 is 23.2 Å². The van der Waals surface area contributed by atoms with E-state index < -0.39 is 0 Å². The maximum Gasteiger partial charge on any atom is 0.258 e. The van der Waals surface area contributed by atoms with Crippen LogP contribution < -0.4 is 15.0 Å². The molecule has 4 nitrogen and oxygen atoms in total. The van der Waals surface area contributed by atoms with Crippen molar-refractivity contribution in [2.45, 2.75) is 6.04 Å². The summed E-state index contributed by atoms with van der Waals surface area (Å²) >= 11 is 11.9. The summed E-state index contributed by atoms with van der Waals surface area (Å²) < 4.78 is 5.49. The molecule has 2 aromatic carbocycles. The van der Waals surface area contributed by atoms with E-state index in [-0.39, 0.29) is 18.6 Å². The van der Waals surface area contributed by atoms with E-state index in [4.69, 9.17) is 27.9 Å². The molecule has 0 unspecified atom stereocenters. The Labute approximate surface area is 152 Å². The van der Waals surface area contributed by atoms with E-state index in [1.165, 1.54) is 4.90 Å². The van der Waals surface area contributed by atoms with Crippen LogP contribution in [0.25, 0.3) is 0 Å². The highest BCUT2D eigenvalue weighted by Crippen LogP contribution is 2.27. The monoisotopic (exact) mass is 367 g/mol. The molecule has 2 rings (SSSR count). The molecule has 0 saturated heterocycles. The first-order valence-electron chi connectivity index (χ1n) is 7.67. The van der Waals surface area contributed by atoms with Crippen molar-refractivity contribution in [2.75, 3.05) is 27.2 Å². The van der Waals surface area contributed by atoms with Gasteiger partial charge in [-0.2, -0.15) is 0 Å². The Hall–Kier alpha value is -1.75. The van der Waals surface area contributed by atoms with Gasteiger partial charge in [-0.15, -0.1) is 0 Å². The molecule has 1 atom stereocenters. The maximum absolute atomic E-state index is 12.2. The van der Waals surface area contributed by atoms with Gasteiger partial charge in [0.2, 0.25) is 0 Å². The van der Waals surface area contributed by atoms with Crippen molar-refractivity contribution in [1.29, 1.82) is 0 Å². The number of amides is 1. The van der Waals surface area contributed by atoms with Crippen LogP contribution in [0.15, 0.2) is 48.5 Å². The first-order chi connectivity index (χ1) is 11.5. The number of halogens is 2. The zero-order chi connectivity index (χ0) is 17.5. The third kappa shape index (κ3) is 5.71. The third-order valence-corrected chi connectivity index (χ3v) is 3.93. The van der Waals surface area contributed by atoms with E-state index in [2.05, 4.69) is 5.32 Å². The normalized spacial score (nSPS) is 12.0. The van der Waals surface area contributed by atoms with Gasteiger partial charge >= 0.3 is 0 Å².